The van der Waals surface area contributed by atoms with Gasteiger partial charge in [0.05, 0.1) is 0 Å². The van der Waals surface area contributed by atoms with E-state index in [1.54, 1.807) is 6.08 Å². The fourth-order valence-electron chi connectivity index (χ4n) is 0.682. The van der Waals surface area contributed by atoms with E-state index in [0.29, 0.717) is 0 Å². The molecule has 1 radical (unpaired) electrons. The summed E-state index contributed by atoms with van der Waals surface area (Å²) in [4.78, 5) is 12.8. The summed E-state index contributed by atoms with van der Waals surface area (Å²) in [5, 5.41) is 0. The van der Waals surface area contributed by atoms with Crippen molar-refractivity contribution in [2.75, 3.05) is 0 Å². The average molecular weight is 144 g/mol. The molecule has 0 saturated carbocycles. The molecule has 0 N–H and O–H groups in total. The zero-order chi connectivity index (χ0) is 7.94. The van der Waals surface area contributed by atoms with Crippen LogP contribution in [-0.2, 0) is 4.79 Å². The molecule has 0 aliphatic heterocycles. The molecule has 0 amide bonds. The molecule has 1 aromatic rings. The number of nitrogens with zero attached hydrogens (tertiary/aromatic N) is 1. The first kappa shape index (κ1) is 7.45. The molecule has 11 heavy (non-hydrogen) atoms. The number of hydrogen-bond acceptors (Lipinski definition) is 2. The van der Waals surface area contributed by atoms with Crippen LogP contribution < -0.4 is 0 Å². The Labute approximate surface area is 64.9 Å². The van der Waals surface area contributed by atoms with Crippen LogP contribution >= 0.6 is 0 Å². The number of aliphatic imine (C=N–C) groups is 1. The van der Waals surface area contributed by atoms with Crippen molar-refractivity contribution in [1.29, 1.82) is 0 Å². The summed E-state index contributed by atoms with van der Waals surface area (Å²) < 4.78 is 0. The number of carbonyl (C=O) groups excluding carboxylic acids is 1. The minimum absolute atomic E-state index is 0.964. The lowest BCUT2D eigenvalue weighted by Gasteiger charge is -1.86. The van der Waals surface area contributed by atoms with Crippen molar-refractivity contribution >= 4 is 12.2 Å². The molecule has 0 fully saturated rings. The highest BCUT2D eigenvalue weighted by atomic mass is 16.1. The lowest BCUT2D eigenvalue weighted by molar-refractivity contribution is 0.565. The van der Waals surface area contributed by atoms with Crippen LogP contribution in [0.2, 0.25) is 0 Å². The SMILES string of the molecule is O=C=N/[C]=C/c1ccccc1. The summed E-state index contributed by atoms with van der Waals surface area (Å²) in [7, 11) is 0. The molecule has 53 valence electrons. The molecular formula is C9H6NO. The van der Waals surface area contributed by atoms with Crippen molar-refractivity contribution in [3.05, 3.63) is 42.1 Å². The summed E-state index contributed by atoms with van der Waals surface area (Å²) in [6.45, 7) is 0. The Morgan fingerprint density at radius 2 is 2.00 bits per heavy atom. The van der Waals surface area contributed by atoms with Crippen molar-refractivity contribution in [2.24, 2.45) is 4.99 Å². The van der Waals surface area contributed by atoms with Gasteiger partial charge in [-0.1, -0.05) is 30.3 Å². The molecule has 1 rings (SSSR count). The molecule has 0 saturated heterocycles. The van der Waals surface area contributed by atoms with E-state index < -0.39 is 0 Å². The highest BCUT2D eigenvalue weighted by Gasteiger charge is 1.79. The van der Waals surface area contributed by atoms with E-state index in [4.69, 9.17) is 0 Å². The van der Waals surface area contributed by atoms with Gasteiger partial charge in [0.15, 0.2) is 0 Å². The second-order valence-corrected chi connectivity index (χ2v) is 1.89. The van der Waals surface area contributed by atoms with E-state index in [1.807, 2.05) is 30.3 Å². The molecule has 0 spiro atoms. The second-order valence-electron chi connectivity index (χ2n) is 1.89. The van der Waals surface area contributed by atoms with E-state index in [0.717, 1.165) is 5.56 Å². The van der Waals surface area contributed by atoms with Gasteiger partial charge in [-0.2, -0.15) is 4.99 Å². The van der Waals surface area contributed by atoms with E-state index in [2.05, 4.69) is 11.2 Å². The van der Waals surface area contributed by atoms with Gasteiger partial charge in [0.2, 0.25) is 6.08 Å². The monoisotopic (exact) mass is 144 g/mol. The van der Waals surface area contributed by atoms with Gasteiger partial charge >= 0.3 is 0 Å². The van der Waals surface area contributed by atoms with Crippen LogP contribution in [0.15, 0.2) is 35.3 Å². The third-order valence-corrected chi connectivity index (χ3v) is 1.14. The smallest absolute Gasteiger partial charge is 0.211 e. The Hall–Kier alpha value is -1.66. The second kappa shape index (κ2) is 4.20. The lowest BCUT2D eigenvalue weighted by Crippen LogP contribution is -1.66. The van der Waals surface area contributed by atoms with Gasteiger partial charge in [-0.3, -0.25) is 0 Å². The predicted octanol–water partition coefficient (Wildman–Crippen LogP) is 1.80. The molecule has 0 aliphatic rings. The standard InChI is InChI=1S/C9H6NO/c11-8-10-7-6-9-4-2-1-3-5-9/h1-6H. The summed E-state index contributed by atoms with van der Waals surface area (Å²) in [6, 6.07) is 9.51. The van der Waals surface area contributed by atoms with Crippen LogP contribution in [0.4, 0.5) is 0 Å². The first-order chi connectivity index (χ1) is 5.43. The predicted molar refractivity (Wildman–Crippen MR) is 42.3 cm³/mol. The summed E-state index contributed by atoms with van der Waals surface area (Å²) in [5.41, 5.74) is 0.964. The normalized spacial score (nSPS) is 9.45. The van der Waals surface area contributed by atoms with Crippen molar-refractivity contribution in [2.45, 2.75) is 0 Å². The van der Waals surface area contributed by atoms with E-state index in [1.165, 1.54) is 6.08 Å². The fourth-order valence-corrected chi connectivity index (χ4v) is 0.682. The highest BCUT2D eigenvalue weighted by molar-refractivity contribution is 5.48. The highest BCUT2D eigenvalue weighted by Crippen LogP contribution is 1.99. The maximum Gasteiger partial charge on any atom is 0.240 e. The minimum Gasteiger partial charge on any atom is -0.211 e. The maximum absolute atomic E-state index is 9.62. The van der Waals surface area contributed by atoms with Crippen LogP contribution in [0.25, 0.3) is 6.08 Å². The van der Waals surface area contributed by atoms with Gasteiger partial charge < -0.3 is 0 Å². The number of benzene rings is 1. The number of isocyanates is 1. The zero-order valence-corrected chi connectivity index (χ0v) is 5.82. The fraction of sp³-hybridized carbons (Fsp3) is 0. The van der Waals surface area contributed by atoms with Crippen molar-refractivity contribution < 1.29 is 4.79 Å². The molecule has 0 aliphatic carbocycles. The van der Waals surface area contributed by atoms with Crippen molar-refractivity contribution in [1.82, 2.24) is 0 Å². The molecule has 0 bridgehead atoms. The largest absolute Gasteiger partial charge is 0.240 e. The van der Waals surface area contributed by atoms with Crippen LogP contribution in [-0.4, -0.2) is 6.08 Å². The third kappa shape index (κ3) is 2.61. The van der Waals surface area contributed by atoms with Gasteiger partial charge in [0.25, 0.3) is 0 Å². The number of rotatable bonds is 2. The first-order valence-electron chi connectivity index (χ1n) is 3.14. The summed E-state index contributed by atoms with van der Waals surface area (Å²) in [6.07, 6.45) is 5.41. The molecule has 0 atom stereocenters. The van der Waals surface area contributed by atoms with E-state index in [-0.39, 0.29) is 0 Å². The number of hydrogen-bond donors (Lipinski definition) is 0. The third-order valence-electron chi connectivity index (χ3n) is 1.14. The molecule has 2 nitrogen and oxygen atoms in total. The minimum atomic E-state index is 0.964. The molecule has 0 heterocycles. The zero-order valence-electron chi connectivity index (χ0n) is 5.82. The van der Waals surface area contributed by atoms with Crippen molar-refractivity contribution in [3.63, 3.8) is 0 Å². The molecule has 1 aromatic carbocycles. The molecule has 0 aromatic heterocycles. The Bertz CT molecular complexity index is 284. The Morgan fingerprint density at radius 1 is 1.27 bits per heavy atom. The van der Waals surface area contributed by atoms with Gasteiger partial charge in [-0.15, -0.1) is 0 Å². The average Bonchev–Trinajstić information content (AvgIpc) is 2.07. The van der Waals surface area contributed by atoms with Gasteiger partial charge in [-0.25, -0.2) is 4.79 Å². The van der Waals surface area contributed by atoms with Gasteiger partial charge in [0, 0.05) is 0 Å². The lowest BCUT2D eigenvalue weighted by atomic mass is 10.2. The van der Waals surface area contributed by atoms with Crippen LogP contribution in [0.5, 0.6) is 0 Å². The van der Waals surface area contributed by atoms with Crippen molar-refractivity contribution in [3.8, 4) is 0 Å². The summed E-state index contributed by atoms with van der Waals surface area (Å²) >= 11 is 0. The molecular weight excluding hydrogens is 138 g/mol. The summed E-state index contributed by atoms with van der Waals surface area (Å²) in [5.74, 6) is 0. The van der Waals surface area contributed by atoms with Crippen LogP contribution in [0, 0.1) is 6.20 Å². The van der Waals surface area contributed by atoms with Gasteiger partial charge in [-0.05, 0) is 11.6 Å². The Balaban J connectivity index is 2.72. The molecule has 0 unspecified atom stereocenters. The molecule has 2 heteroatoms. The van der Waals surface area contributed by atoms with Crippen LogP contribution in [0.3, 0.4) is 0 Å². The quantitative estimate of drug-likeness (QED) is 0.459. The van der Waals surface area contributed by atoms with Crippen LogP contribution in [0.1, 0.15) is 5.56 Å². The van der Waals surface area contributed by atoms with E-state index >= 15 is 0 Å². The van der Waals surface area contributed by atoms with E-state index in [9.17, 15) is 4.79 Å². The maximum atomic E-state index is 9.62. The Kier molecular flexibility index (Phi) is 2.85. The Morgan fingerprint density at radius 3 is 2.64 bits per heavy atom. The van der Waals surface area contributed by atoms with Gasteiger partial charge in [0.1, 0.15) is 6.20 Å². The first-order valence-corrected chi connectivity index (χ1v) is 3.14. The topological polar surface area (TPSA) is 29.4 Å².